The van der Waals surface area contributed by atoms with Crippen LogP contribution in [0, 0.1) is 0 Å². The Labute approximate surface area is 192 Å². The molecule has 33 heavy (non-hydrogen) atoms. The van der Waals surface area contributed by atoms with Crippen molar-refractivity contribution in [2.75, 3.05) is 19.6 Å². The first-order valence-corrected chi connectivity index (χ1v) is 12.0. The van der Waals surface area contributed by atoms with E-state index in [1.165, 1.54) is 11.1 Å². The van der Waals surface area contributed by atoms with Gasteiger partial charge in [-0.2, -0.15) is 0 Å². The number of fused-ring (bicyclic) bond motifs is 4. The molecule has 0 spiro atoms. The minimum absolute atomic E-state index is 0.0170. The Kier molecular flexibility index (Phi) is 5.14. The van der Waals surface area contributed by atoms with E-state index < -0.39 is 0 Å². The average molecular weight is 444 g/mol. The van der Waals surface area contributed by atoms with Gasteiger partial charge in [0.25, 0.3) is 0 Å². The SMILES string of the molecule is O=C(CN1CCC(n2c(=O)[nH]c3ccccc32)CC1)NC1=N[C@@H]2CCc3ccccc3[C@@H]2C1. The molecule has 2 atom stereocenters. The van der Waals surface area contributed by atoms with Gasteiger partial charge in [0.15, 0.2) is 0 Å². The van der Waals surface area contributed by atoms with Crippen LogP contribution in [0.25, 0.3) is 11.0 Å². The van der Waals surface area contributed by atoms with Crippen LogP contribution in [0.2, 0.25) is 0 Å². The Balaban J connectivity index is 1.05. The van der Waals surface area contributed by atoms with E-state index in [1.54, 1.807) is 0 Å². The number of nitrogens with zero attached hydrogens (tertiary/aromatic N) is 3. The molecule has 7 nitrogen and oxygen atoms in total. The van der Waals surface area contributed by atoms with Crippen LogP contribution in [0.5, 0.6) is 0 Å². The minimum atomic E-state index is -0.0466. The van der Waals surface area contributed by atoms with Crippen molar-refractivity contribution in [2.45, 2.75) is 50.1 Å². The molecule has 3 heterocycles. The number of amides is 1. The molecule has 0 unspecified atom stereocenters. The normalized spacial score (nSPS) is 23.2. The first-order chi connectivity index (χ1) is 16.2. The van der Waals surface area contributed by atoms with E-state index in [-0.39, 0.29) is 17.6 Å². The van der Waals surface area contributed by atoms with Gasteiger partial charge in [0.2, 0.25) is 5.91 Å². The summed E-state index contributed by atoms with van der Waals surface area (Å²) in [6, 6.07) is 16.9. The highest BCUT2D eigenvalue weighted by Crippen LogP contribution is 2.39. The molecular weight excluding hydrogens is 414 g/mol. The first kappa shape index (κ1) is 20.4. The number of carbonyl (C=O) groups is 1. The fourth-order valence-electron chi connectivity index (χ4n) is 5.96. The van der Waals surface area contributed by atoms with Crippen molar-refractivity contribution < 1.29 is 4.79 Å². The summed E-state index contributed by atoms with van der Waals surface area (Å²) < 4.78 is 1.89. The molecule has 0 radical (unpaired) electrons. The number of rotatable bonds is 3. The van der Waals surface area contributed by atoms with Crippen molar-refractivity contribution in [1.29, 1.82) is 0 Å². The number of aromatic nitrogens is 2. The molecule has 0 bridgehead atoms. The van der Waals surface area contributed by atoms with Gasteiger partial charge in [-0.3, -0.25) is 19.3 Å². The summed E-state index contributed by atoms with van der Waals surface area (Å²) >= 11 is 0. The molecule has 2 aliphatic heterocycles. The fourth-order valence-corrected chi connectivity index (χ4v) is 5.96. The lowest BCUT2D eigenvalue weighted by atomic mass is 9.79. The van der Waals surface area contributed by atoms with E-state index in [4.69, 9.17) is 4.99 Å². The van der Waals surface area contributed by atoms with Crippen LogP contribution in [0.4, 0.5) is 0 Å². The Morgan fingerprint density at radius 1 is 1.06 bits per heavy atom. The average Bonchev–Trinajstić information content (AvgIpc) is 3.39. The summed E-state index contributed by atoms with van der Waals surface area (Å²) in [5, 5.41) is 3.09. The topological polar surface area (TPSA) is 82.5 Å². The number of H-pyrrole nitrogens is 1. The Morgan fingerprint density at radius 2 is 1.85 bits per heavy atom. The molecule has 1 aromatic heterocycles. The van der Waals surface area contributed by atoms with Crippen molar-refractivity contribution in [1.82, 2.24) is 19.8 Å². The summed E-state index contributed by atoms with van der Waals surface area (Å²) in [7, 11) is 0. The molecule has 0 saturated carbocycles. The molecule has 1 amide bonds. The van der Waals surface area contributed by atoms with Gasteiger partial charge in [0.1, 0.15) is 5.84 Å². The maximum atomic E-state index is 12.8. The highest BCUT2D eigenvalue weighted by molar-refractivity contribution is 6.00. The number of aryl methyl sites for hydroxylation is 1. The highest BCUT2D eigenvalue weighted by Gasteiger charge is 2.35. The van der Waals surface area contributed by atoms with Gasteiger partial charge in [-0.1, -0.05) is 36.4 Å². The molecule has 3 aliphatic rings. The standard InChI is InChI=1S/C26H29N5O2/c32-25(29-24-15-20-19-6-2-1-5-17(19)9-10-21(20)27-24)16-30-13-11-18(12-14-30)31-23-8-4-3-7-22(23)28-26(31)33/h1-8,18,20-21H,9-16H2,(H,28,33)(H,27,29,32)/t20-,21+/m0/s1. The molecule has 1 saturated heterocycles. The van der Waals surface area contributed by atoms with E-state index in [1.807, 2.05) is 28.8 Å². The van der Waals surface area contributed by atoms with Gasteiger partial charge in [-0.15, -0.1) is 0 Å². The molecule has 1 aliphatic carbocycles. The number of benzene rings is 2. The monoisotopic (exact) mass is 443 g/mol. The minimum Gasteiger partial charge on any atom is -0.313 e. The predicted molar refractivity (Wildman–Crippen MR) is 129 cm³/mol. The molecule has 170 valence electrons. The zero-order valence-electron chi connectivity index (χ0n) is 18.7. The zero-order chi connectivity index (χ0) is 22.4. The Morgan fingerprint density at radius 3 is 2.73 bits per heavy atom. The van der Waals surface area contributed by atoms with E-state index in [0.29, 0.717) is 18.5 Å². The molecule has 2 aromatic carbocycles. The van der Waals surface area contributed by atoms with Crippen LogP contribution in [0.15, 0.2) is 58.3 Å². The first-order valence-electron chi connectivity index (χ1n) is 12.0. The number of aliphatic imine (C=N–C) groups is 1. The summed E-state index contributed by atoms with van der Waals surface area (Å²) in [5.41, 5.74) is 4.62. The molecule has 6 rings (SSSR count). The van der Waals surface area contributed by atoms with Crippen molar-refractivity contribution in [3.8, 4) is 0 Å². The van der Waals surface area contributed by atoms with Crippen molar-refractivity contribution in [2.24, 2.45) is 4.99 Å². The second kappa shape index (κ2) is 8.30. The smallest absolute Gasteiger partial charge is 0.313 e. The number of hydrogen-bond donors (Lipinski definition) is 2. The lowest BCUT2D eigenvalue weighted by Gasteiger charge is -2.32. The van der Waals surface area contributed by atoms with Crippen molar-refractivity contribution in [3.63, 3.8) is 0 Å². The number of nitrogens with one attached hydrogen (secondary N) is 2. The Bertz CT molecular complexity index is 1280. The van der Waals surface area contributed by atoms with Gasteiger partial charge < -0.3 is 10.3 Å². The number of piperidine rings is 1. The van der Waals surface area contributed by atoms with E-state index >= 15 is 0 Å². The zero-order valence-corrected chi connectivity index (χ0v) is 18.7. The molecular formula is C26H29N5O2. The molecule has 7 heteroatoms. The third-order valence-corrected chi connectivity index (χ3v) is 7.56. The van der Waals surface area contributed by atoms with Gasteiger partial charge >= 0.3 is 5.69 Å². The second-order valence-electron chi connectivity index (χ2n) is 9.56. The quantitative estimate of drug-likeness (QED) is 0.653. The van der Waals surface area contributed by atoms with Gasteiger partial charge in [0.05, 0.1) is 23.6 Å². The van der Waals surface area contributed by atoms with Crippen LogP contribution < -0.4 is 11.0 Å². The van der Waals surface area contributed by atoms with Crippen molar-refractivity contribution >= 4 is 22.8 Å². The Hall–Kier alpha value is -3.19. The number of likely N-dealkylation sites (tertiary alicyclic amines) is 1. The lowest BCUT2D eigenvalue weighted by molar-refractivity contribution is -0.121. The third-order valence-electron chi connectivity index (χ3n) is 7.56. The predicted octanol–water partition coefficient (Wildman–Crippen LogP) is 2.98. The van der Waals surface area contributed by atoms with Crippen LogP contribution in [0.1, 0.15) is 48.8 Å². The maximum absolute atomic E-state index is 12.8. The van der Waals surface area contributed by atoms with E-state index in [9.17, 15) is 9.59 Å². The number of amidine groups is 1. The number of para-hydroxylation sites is 2. The summed E-state index contributed by atoms with van der Waals surface area (Å²) in [6.07, 6.45) is 4.66. The number of carbonyl (C=O) groups excluding carboxylic acids is 1. The van der Waals surface area contributed by atoms with Crippen LogP contribution >= 0.6 is 0 Å². The molecule has 1 fully saturated rings. The summed E-state index contributed by atoms with van der Waals surface area (Å²) in [6.45, 7) is 1.98. The summed E-state index contributed by atoms with van der Waals surface area (Å²) in [4.78, 5) is 35.2. The third kappa shape index (κ3) is 3.80. The van der Waals surface area contributed by atoms with E-state index in [0.717, 1.165) is 62.1 Å². The van der Waals surface area contributed by atoms with Crippen molar-refractivity contribution in [3.05, 3.63) is 70.1 Å². The van der Waals surface area contributed by atoms with Gasteiger partial charge in [0, 0.05) is 31.5 Å². The van der Waals surface area contributed by atoms with Gasteiger partial charge in [-0.05, 0) is 48.9 Å². The number of hydrogen-bond acceptors (Lipinski definition) is 4. The van der Waals surface area contributed by atoms with Crippen LogP contribution in [-0.4, -0.2) is 51.9 Å². The summed E-state index contributed by atoms with van der Waals surface area (Å²) in [5.74, 6) is 1.26. The molecule has 3 aromatic rings. The van der Waals surface area contributed by atoms with E-state index in [2.05, 4.69) is 39.5 Å². The highest BCUT2D eigenvalue weighted by atomic mass is 16.2. The van der Waals surface area contributed by atoms with Crippen LogP contribution in [0.3, 0.4) is 0 Å². The fraction of sp³-hybridized carbons (Fsp3) is 0.423. The second-order valence-corrected chi connectivity index (χ2v) is 9.56. The van der Waals surface area contributed by atoms with Crippen LogP contribution in [-0.2, 0) is 11.2 Å². The lowest BCUT2D eigenvalue weighted by Crippen LogP contribution is -2.44. The maximum Gasteiger partial charge on any atom is 0.326 e. The number of imidazole rings is 1. The largest absolute Gasteiger partial charge is 0.326 e. The molecule has 2 N–H and O–H groups in total. The van der Waals surface area contributed by atoms with Gasteiger partial charge in [-0.25, -0.2) is 4.79 Å². The number of aromatic amines is 1.